The fourth-order valence-corrected chi connectivity index (χ4v) is 1.05. The minimum absolute atomic E-state index is 0.244. The minimum atomic E-state index is -0.820. The average Bonchev–Trinajstić information content (AvgIpc) is 2.05. The summed E-state index contributed by atoms with van der Waals surface area (Å²) in [7, 11) is 0. The van der Waals surface area contributed by atoms with E-state index in [1.807, 2.05) is 20.8 Å². The third-order valence-electron chi connectivity index (χ3n) is 1.47. The first-order valence-corrected chi connectivity index (χ1v) is 4.63. The third kappa shape index (κ3) is 4.35. The highest BCUT2D eigenvalue weighted by molar-refractivity contribution is 5.68. The molecule has 4 heteroatoms. The molecule has 15 heavy (non-hydrogen) atoms. The number of primary amides is 1. The molecule has 1 aromatic rings. The number of carbonyl (C=O) groups is 1. The molecule has 0 atom stereocenters. The van der Waals surface area contributed by atoms with Crippen LogP contribution in [0.5, 0.6) is 11.5 Å². The number of hydrogen-bond donors (Lipinski definition) is 1. The van der Waals surface area contributed by atoms with Crippen LogP contribution in [0.25, 0.3) is 0 Å². The summed E-state index contributed by atoms with van der Waals surface area (Å²) in [5.74, 6) is 1.13. The largest absolute Gasteiger partial charge is 0.488 e. The molecule has 0 heterocycles. The van der Waals surface area contributed by atoms with Gasteiger partial charge in [0.05, 0.1) is 0 Å². The van der Waals surface area contributed by atoms with Gasteiger partial charge in [-0.2, -0.15) is 0 Å². The Hall–Kier alpha value is -1.71. The van der Waals surface area contributed by atoms with Crippen molar-refractivity contribution in [3.05, 3.63) is 24.3 Å². The van der Waals surface area contributed by atoms with Crippen molar-refractivity contribution in [2.45, 2.75) is 26.4 Å². The second-order valence-corrected chi connectivity index (χ2v) is 4.11. The standard InChI is InChI=1S/C11H15NO3/c1-11(2,3)15-9-6-4-8(5-7-9)14-10(12)13/h4-7H,1-3H3,(H2,12,13). The Morgan fingerprint density at radius 2 is 1.60 bits per heavy atom. The van der Waals surface area contributed by atoms with Crippen molar-refractivity contribution in [3.63, 3.8) is 0 Å². The van der Waals surface area contributed by atoms with Gasteiger partial charge in [0.25, 0.3) is 0 Å². The predicted molar refractivity (Wildman–Crippen MR) is 57.0 cm³/mol. The molecule has 2 N–H and O–H groups in total. The van der Waals surface area contributed by atoms with E-state index < -0.39 is 6.09 Å². The van der Waals surface area contributed by atoms with Gasteiger partial charge in [-0.15, -0.1) is 0 Å². The summed E-state index contributed by atoms with van der Waals surface area (Å²) in [4.78, 5) is 10.5. The van der Waals surface area contributed by atoms with Crippen molar-refractivity contribution in [3.8, 4) is 11.5 Å². The van der Waals surface area contributed by atoms with Crippen LogP contribution in [0.4, 0.5) is 4.79 Å². The molecule has 1 aromatic carbocycles. The molecule has 0 aliphatic carbocycles. The molecule has 0 saturated carbocycles. The predicted octanol–water partition coefficient (Wildman–Crippen LogP) is 2.32. The molecule has 0 spiro atoms. The number of ether oxygens (including phenoxy) is 2. The summed E-state index contributed by atoms with van der Waals surface area (Å²) in [6.45, 7) is 5.88. The van der Waals surface area contributed by atoms with Gasteiger partial charge in [-0.05, 0) is 45.0 Å². The van der Waals surface area contributed by atoms with Crippen LogP contribution in [0.2, 0.25) is 0 Å². The maximum absolute atomic E-state index is 10.5. The lowest BCUT2D eigenvalue weighted by Crippen LogP contribution is -2.22. The maximum atomic E-state index is 10.5. The van der Waals surface area contributed by atoms with Crippen LogP contribution in [0.3, 0.4) is 0 Å². The smallest absolute Gasteiger partial charge is 0.409 e. The Balaban J connectivity index is 2.68. The summed E-state index contributed by atoms with van der Waals surface area (Å²) in [6.07, 6.45) is -0.820. The number of benzene rings is 1. The van der Waals surface area contributed by atoms with E-state index in [2.05, 4.69) is 4.74 Å². The highest BCUT2D eigenvalue weighted by atomic mass is 16.5. The second-order valence-electron chi connectivity index (χ2n) is 4.11. The molecular formula is C11H15NO3. The van der Waals surface area contributed by atoms with Gasteiger partial charge in [-0.3, -0.25) is 0 Å². The quantitative estimate of drug-likeness (QED) is 0.813. The molecule has 82 valence electrons. The van der Waals surface area contributed by atoms with Crippen LogP contribution in [0, 0.1) is 0 Å². The van der Waals surface area contributed by atoms with Crippen LogP contribution in [0.1, 0.15) is 20.8 Å². The van der Waals surface area contributed by atoms with Gasteiger partial charge in [0.15, 0.2) is 0 Å². The van der Waals surface area contributed by atoms with Gasteiger partial charge >= 0.3 is 6.09 Å². The molecule has 0 aliphatic heterocycles. The van der Waals surface area contributed by atoms with E-state index in [9.17, 15) is 4.79 Å². The van der Waals surface area contributed by atoms with E-state index in [0.717, 1.165) is 5.75 Å². The molecule has 0 fully saturated rings. The first-order chi connectivity index (χ1) is 6.87. The van der Waals surface area contributed by atoms with E-state index in [4.69, 9.17) is 10.5 Å². The average molecular weight is 209 g/mol. The monoisotopic (exact) mass is 209 g/mol. The highest BCUT2D eigenvalue weighted by Crippen LogP contribution is 2.21. The number of carbonyl (C=O) groups excluding carboxylic acids is 1. The van der Waals surface area contributed by atoms with Crippen molar-refractivity contribution < 1.29 is 14.3 Å². The van der Waals surface area contributed by atoms with Crippen LogP contribution in [-0.2, 0) is 0 Å². The Bertz CT molecular complexity index is 338. The Kier molecular flexibility index (Phi) is 3.19. The summed E-state index contributed by atoms with van der Waals surface area (Å²) < 4.78 is 10.3. The molecule has 0 aliphatic rings. The lowest BCUT2D eigenvalue weighted by molar-refractivity contribution is 0.131. The van der Waals surface area contributed by atoms with Crippen LogP contribution >= 0.6 is 0 Å². The zero-order chi connectivity index (χ0) is 11.5. The first-order valence-electron chi connectivity index (χ1n) is 4.63. The molecule has 0 bridgehead atoms. The number of rotatable bonds is 2. The van der Waals surface area contributed by atoms with Crippen molar-refractivity contribution in [1.82, 2.24) is 0 Å². The molecular weight excluding hydrogens is 194 g/mol. The van der Waals surface area contributed by atoms with Crippen LogP contribution in [0.15, 0.2) is 24.3 Å². The Labute approximate surface area is 89.0 Å². The topological polar surface area (TPSA) is 61.6 Å². The number of amides is 1. The van der Waals surface area contributed by atoms with E-state index in [1.165, 1.54) is 0 Å². The fraction of sp³-hybridized carbons (Fsp3) is 0.364. The lowest BCUT2D eigenvalue weighted by Gasteiger charge is -2.21. The fourth-order valence-electron chi connectivity index (χ4n) is 1.05. The molecule has 0 saturated heterocycles. The van der Waals surface area contributed by atoms with Crippen LogP contribution in [-0.4, -0.2) is 11.7 Å². The Morgan fingerprint density at radius 3 is 2.00 bits per heavy atom. The highest BCUT2D eigenvalue weighted by Gasteiger charge is 2.11. The molecule has 1 amide bonds. The molecule has 4 nitrogen and oxygen atoms in total. The van der Waals surface area contributed by atoms with Gasteiger partial charge in [0.1, 0.15) is 17.1 Å². The summed E-state index contributed by atoms with van der Waals surface area (Å²) in [5, 5.41) is 0. The van der Waals surface area contributed by atoms with E-state index in [0.29, 0.717) is 5.75 Å². The third-order valence-corrected chi connectivity index (χ3v) is 1.47. The number of nitrogens with two attached hydrogens (primary N) is 1. The van der Waals surface area contributed by atoms with Gasteiger partial charge < -0.3 is 15.2 Å². The Morgan fingerprint density at radius 1 is 1.13 bits per heavy atom. The van der Waals surface area contributed by atoms with Crippen molar-refractivity contribution in [1.29, 1.82) is 0 Å². The van der Waals surface area contributed by atoms with E-state index in [1.54, 1.807) is 24.3 Å². The van der Waals surface area contributed by atoms with Gasteiger partial charge in [-0.1, -0.05) is 0 Å². The number of hydrogen-bond acceptors (Lipinski definition) is 3. The van der Waals surface area contributed by atoms with Crippen molar-refractivity contribution in [2.75, 3.05) is 0 Å². The van der Waals surface area contributed by atoms with E-state index in [-0.39, 0.29) is 5.60 Å². The zero-order valence-electron chi connectivity index (χ0n) is 9.11. The van der Waals surface area contributed by atoms with Crippen molar-refractivity contribution >= 4 is 6.09 Å². The normalized spacial score (nSPS) is 10.9. The van der Waals surface area contributed by atoms with Crippen LogP contribution < -0.4 is 15.2 Å². The molecule has 0 unspecified atom stereocenters. The second kappa shape index (κ2) is 4.21. The molecule has 0 aromatic heterocycles. The van der Waals surface area contributed by atoms with Gasteiger partial charge in [0.2, 0.25) is 0 Å². The SMILES string of the molecule is CC(C)(C)Oc1ccc(OC(N)=O)cc1. The summed E-state index contributed by atoms with van der Waals surface area (Å²) in [5.41, 5.74) is 4.63. The summed E-state index contributed by atoms with van der Waals surface area (Å²) in [6, 6.07) is 6.71. The van der Waals surface area contributed by atoms with E-state index >= 15 is 0 Å². The zero-order valence-corrected chi connectivity index (χ0v) is 9.11. The first kappa shape index (κ1) is 11.4. The molecule has 1 rings (SSSR count). The molecule has 0 radical (unpaired) electrons. The lowest BCUT2D eigenvalue weighted by atomic mass is 10.2. The maximum Gasteiger partial charge on any atom is 0.409 e. The van der Waals surface area contributed by atoms with Crippen molar-refractivity contribution in [2.24, 2.45) is 5.73 Å². The minimum Gasteiger partial charge on any atom is -0.488 e. The summed E-state index contributed by atoms with van der Waals surface area (Å²) >= 11 is 0. The van der Waals surface area contributed by atoms with Gasteiger partial charge in [0, 0.05) is 0 Å². The van der Waals surface area contributed by atoms with Gasteiger partial charge in [-0.25, -0.2) is 4.79 Å².